The highest BCUT2D eigenvalue weighted by atomic mass is 79.9. The van der Waals surface area contributed by atoms with Crippen molar-refractivity contribution in [3.8, 4) is 5.75 Å². The lowest BCUT2D eigenvalue weighted by molar-refractivity contribution is 0.352. The second-order valence-electron chi connectivity index (χ2n) is 5.18. The van der Waals surface area contributed by atoms with Gasteiger partial charge in [-0.25, -0.2) is 0 Å². The highest BCUT2D eigenvalue weighted by Crippen LogP contribution is 2.47. The Labute approximate surface area is 119 Å². The standard InChI is InChI=1S/C14H16Br2O/c1-8-2-3-10-13(11(15)6-8)12(16)7-9-4-5-17-14(9)10/h7-8,11H,2-6H2,1H3. The number of hydrogen-bond acceptors (Lipinski definition) is 1. The van der Waals surface area contributed by atoms with E-state index in [-0.39, 0.29) is 0 Å². The van der Waals surface area contributed by atoms with Crippen LogP contribution < -0.4 is 4.74 Å². The highest BCUT2D eigenvalue weighted by molar-refractivity contribution is 9.11. The number of fused-ring (bicyclic) bond motifs is 3. The Morgan fingerprint density at radius 1 is 1.35 bits per heavy atom. The van der Waals surface area contributed by atoms with E-state index in [4.69, 9.17) is 4.74 Å². The summed E-state index contributed by atoms with van der Waals surface area (Å²) in [5, 5.41) is 0. The van der Waals surface area contributed by atoms with Gasteiger partial charge in [0.15, 0.2) is 0 Å². The van der Waals surface area contributed by atoms with E-state index >= 15 is 0 Å². The van der Waals surface area contributed by atoms with Gasteiger partial charge in [0.25, 0.3) is 0 Å². The third-order valence-electron chi connectivity index (χ3n) is 3.88. The van der Waals surface area contributed by atoms with Crippen molar-refractivity contribution in [1.82, 2.24) is 0 Å². The molecule has 0 fully saturated rings. The topological polar surface area (TPSA) is 9.23 Å². The van der Waals surface area contributed by atoms with Crippen LogP contribution >= 0.6 is 31.9 Å². The van der Waals surface area contributed by atoms with Gasteiger partial charge >= 0.3 is 0 Å². The van der Waals surface area contributed by atoms with Gasteiger partial charge in [0.2, 0.25) is 0 Å². The zero-order chi connectivity index (χ0) is 12.0. The Morgan fingerprint density at radius 2 is 2.18 bits per heavy atom. The van der Waals surface area contributed by atoms with Crippen LogP contribution in [-0.2, 0) is 12.8 Å². The first-order valence-electron chi connectivity index (χ1n) is 6.28. The van der Waals surface area contributed by atoms with Gasteiger partial charge in [0.05, 0.1) is 6.61 Å². The molecule has 0 saturated carbocycles. The summed E-state index contributed by atoms with van der Waals surface area (Å²) in [7, 11) is 0. The molecule has 0 aromatic heterocycles. The molecule has 2 unspecified atom stereocenters. The SMILES string of the molecule is CC1CCc2c3c(cc(Br)c2C(Br)C1)CCO3. The van der Waals surface area contributed by atoms with Crippen LogP contribution in [0.2, 0.25) is 0 Å². The van der Waals surface area contributed by atoms with E-state index in [0.717, 1.165) is 25.4 Å². The first-order chi connectivity index (χ1) is 8.16. The normalized spacial score (nSPS) is 27.0. The van der Waals surface area contributed by atoms with Crippen molar-refractivity contribution in [2.75, 3.05) is 6.61 Å². The second kappa shape index (κ2) is 4.58. The molecule has 0 bridgehead atoms. The number of benzene rings is 1. The molecule has 0 radical (unpaired) electrons. The van der Waals surface area contributed by atoms with Gasteiger partial charge in [0.1, 0.15) is 5.75 Å². The molecule has 1 aromatic rings. The van der Waals surface area contributed by atoms with E-state index in [2.05, 4.69) is 44.8 Å². The molecule has 0 N–H and O–H groups in total. The number of halogens is 2. The summed E-state index contributed by atoms with van der Waals surface area (Å²) >= 11 is 7.60. The van der Waals surface area contributed by atoms with E-state index < -0.39 is 0 Å². The van der Waals surface area contributed by atoms with E-state index in [0.29, 0.717) is 4.83 Å². The number of ether oxygens (including phenoxy) is 1. The van der Waals surface area contributed by atoms with Gasteiger partial charge in [-0.15, -0.1) is 0 Å². The lowest BCUT2D eigenvalue weighted by Gasteiger charge is -2.17. The minimum Gasteiger partial charge on any atom is -0.493 e. The first kappa shape index (κ1) is 12.0. The maximum atomic E-state index is 5.85. The lowest BCUT2D eigenvalue weighted by atomic mass is 9.98. The quantitative estimate of drug-likeness (QED) is 0.478. The van der Waals surface area contributed by atoms with E-state index in [1.54, 1.807) is 0 Å². The Morgan fingerprint density at radius 3 is 3.00 bits per heavy atom. The molecule has 1 aliphatic carbocycles. The summed E-state index contributed by atoms with van der Waals surface area (Å²) in [6.07, 6.45) is 4.69. The van der Waals surface area contributed by atoms with Gasteiger partial charge in [-0.3, -0.25) is 0 Å². The van der Waals surface area contributed by atoms with E-state index in [9.17, 15) is 0 Å². The van der Waals surface area contributed by atoms with Crippen molar-refractivity contribution in [3.05, 3.63) is 27.2 Å². The third-order valence-corrected chi connectivity index (χ3v) is 5.36. The Hall–Kier alpha value is -0.0200. The van der Waals surface area contributed by atoms with Crippen LogP contribution in [0, 0.1) is 5.92 Å². The molecule has 0 saturated heterocycles. The van der Waals surface area contributed by atoms with Gasteiger partial charge in [0, 0.05) is 15.7 Å². The van der Waals surface area contributed by atoms with Crippen LogP contribution in [0.4, 0.5) is 0 Å². The predicted octanol–water partition coefficient (Wildman–Crippen LogP) is 4.79. The predicted molar refractivity (Wildman–Crippen MR) is 77.1 cm³/mol. The minimum atomic E-state index is 0.457. The van der Waals surface area contributed by atoms with Crippen LogP contribution in [0.15, 0.2) is 10.5 Å². The minimum absolute atomic E-state index is 0.457. The highest BCUT2D eigenvalue weighted by Gasteiger charge is 2.28. The zero-order valence-electron chi connectivity index (χ0n) is 9.93. The number of rotatable bonds is 0. The second-order valence-corrected chi connectivity index (χ2v) is 7.14. The molecule has 1 aliphatic heterocycles. The molecule has 92 valence electrons. The number of hydrogen-bond donors (Lipinski definition) is 0. The molecule has 3 rings (SSSR count). The van der Waals surface area contributed by atoms with Gasteiger partial charge < -0.3 is 4.74 Å². The van der Waals surface area contributed by atoms with E-state index in [1.807, 2.05) is 0 Å². The van der Waals surface area contributed by atoms with Crippen molar-refractivity contribution in [1.29, 1.82) is 0 Å². The zero-order valence-corrected chi connectivity index (χ0v) is 13.1. The molecule has 1 aromatic carbocycles. The van der Waals surface area contributed by atoms with Crippen molar-refractivity contribution in [2.45, 2.75) is 37.4 Å². The lowest BCUT2D eigenvalue weighted by Crippen LogP contribution is -1.99. The monoisotopic (exact) mass is 358 g/mol. The van der Waals surface area contributed by atoms with Crippen LogP contribution in [-0.4, -0.2) is 6.61 Å². The maximum Gasteiger partial charge on any atom is 0.126 e. The smallest absolute Gasteiger partial charge is 0.126 e. The Bertz CT molecular complexity index is 456. The summed E-state index contributed by atoms with van der Waals surface area (Å²) in [5.74, 6) is 1.96. The van der Waals surface area contributed by atoms with Gasteiger partial charge in [-0.2, -0.15) is 0 Å². The molecule has 0 amide bonds. The molecule has 1 nitrogen and oxygen atoms in total. The molecule has 0 spiro atoms. The molecule has 2 aliphatic rings. The fourth-order valence-electron chi connectivity index (χ4n) is 2.95. The fraction of sp³-hybridized carbons (Fsp3) is 0.571. The molecular weight excluding hydrogens is 344 g/mol. The first-order valence-corrected chi connectivity index (χ1v) is 7.98. The van der Waals surface area contributed by atoms with Crippen molar-refractivity contribution in [3.63, 3.8) is 0 Å². The van der Waals surface area contributed by atoms with Crippen LogP contribution in [0.25, 0.3) is 0 Å². The van der Waals surface area contributed by atoms with Crippen molar-refractivity contribution >= 4 is 31.9 Å². The third kappa shape index (κ3) is 2.06. The molecule has 3 heteroatoms. The van der Waals surface area contributed by atoms with Gasteiger partial charge in [-0.05, 0) is 47.9 Å². The van der Waals surface area contributed by atoms with Crippen molar-refractivity contribution < 1.29 is 4.74 Å². The summed E-state index contributed by atoms with van der Waals surface area (Å²) in [5.41, 5.74) is 4.25. The molecule has 1 heterocycles. The van der Waals surface area contributed by atoms with Crippen LogP contribution in [0.5, 0.6) is 5.75 Å². The molecular formula is C14H16Br2O. The van der Waals surface area contributed by atoms with Crippen LogP contribution in [0.1, 0.15) is 41.3 Å². The summed E-state index contributed by atoms with van der Waals surface area (Å²) in [6, 6.07) is 2.26. The Balaban J connectivity index is 2.16. The summed E-state index contributed by atoms with van der Waals surface area (Å²) < 4.78 is 7.11. The maximum absolute atomic E-state index is 5.85. The summed E-state index contributed by atoms with van der Waals surface area (Å²) in [6.45, 7) is 3.19. The van der Waals surface area contributed by atoms with Gasteiger partial charge in [-0.1, -0.05) is 38.8 Å². The van der Waals surface area contributed by atoms with E-state index in [1.165, 1.54) is 39.8 Å². The Kier molecular flexibility index (Phi) is 3.24. The molecule has 2 atom stereocenters. The summed E-state index contributed by atoms with van der Waals surface area (Å²) in [4.78, 5) is 0.457. The number of alkyl halides is 1. The van der Waals surface area contributed by atoms with Crippen molar-refractivity contribution in [2.24, 2.45) is 5.92 Å². The van der Waals surface area contributed by atoms with Crippen LogP contribution in [0.3, 0.4) is 0 Å². The fourth-order valence-corrected chi connectivity index (χ4v) is 5.21. The molecule has 17 heavy (non-hydrogen) atoms. The largest absolute Gasteiger partial charge is 0.493 e. The average molecular weight is 360 g/mol. The average Bonchev–Trinajstić information content (AvgIpc) is 2.66.